The Morgan fingerprint density at radius 2 is 1.57 bits per heavy atom. The first kappa shape index (κ1) is 17.3. The summed E-state index contributed by atoms with van der Waals surface area (Å²) in [6, 6.07) is 4.24. The molecule has 0 saturated carbocycles. The van der Waals surface area contributed by atoms with Gasteiger partial charge in [-0.05, 0) is 43.9 Å². The number of carbonyl (C=O) groups is 2. The van der Waals surface area contributed by atoms with E-state index in [0.717, 1.165) is 12.0 Å². The molecule has 1 saturated heterocycles. The second kappa shape index (κ2) is 7.49. The number of amides is 2. The minimum Gasteiger partial charge on any atom is -0.453 e. The Kier molecular flexibility index (Phi) is 5.64. The fraction of sp³-hybridized carbons (Fsp3) is 0.556. The van der Waals surface area contributed by atoms with Crippen LogP contribution in [0, 0.1) is 20.8 Å². The van der Waals surface area contributed by atoms with Crippen molar-refractivity contribution in [1.82, 2.24) is 9.80 Å². The summed E-state index contributed by atoms with van der Waals surface area (Å²) in [6.07, 6.45) is 0.896. The number of ether oxygens (including phenoxy) is 1. The van der Waals surface area contributed by atoms with Gasteiger partial charge in [-0.25, -0.2) is 4.79 Å². The Labute approximate surface area is 138 Å². The lowest BCUT2D eigenvalue weighted by Crippen LogP contribution is -2.38. The monoisotopic (exact) mass is 318 g/mol. The van der Waals surface area contributed by atoms with Crippen LogP contribution in [0.15, 0.2) is 12.1 Å². The van der Waals surface area contributed by atoms with E-state index in [0.29, 0.717) is 32.6 Å². The highest BCUT2D eigenvalue weighted by Crippen LogP contribution is 2.18. The molecule has 1 fully saturated rings. The van der Waals surface area contributed by atoms with E-state index in [4.69, 9.17) is 4.74 Å². The van der Waals surface area contributed by atoms with E-state index in [2.05, 4.69) is 32.9 Å². The lowest BCUT2D eigenvalue weighted by atomic mass is 9.97. The molecule has 5 heteroatoms. The van der Waals surface area contributed by atoms with Crippen molar-refractivity contribution >= 4 is 12.0 Å². The molecule has 2 amide bonds. The van der Waals surface area contributed by atoms with Gasteiger partial charge in [0, 0.05) is 26.2 Å². The zero-order chi connectivity index (χ0) is 17.0. The van der Waals surface area contributed by atoms with Gasteiger partial charge in [-0.1, -0.05) is 17.7 Å². The number of rotatable bonds is 2. The molecule has 1 aliphatic heterocycles. The van der Waals surface area contributed by atoms with Gasteiger partial charge >= 0.3 is 6.09 Å². The lowest BCUT2D eigenvalue weighted by Gasteiger charge is -2.22. The molecular formula is C18H26N2O3. The Hall–Kier alpha value is -2.04. The first-order valence-electron chi connectivity index (χ1n) is 8.09. The maximum absolute atomic E-state index is 12.6. The van der Waals surface area contributed by atoms with Crippen LogP contribution in [0.5, 0.6) is 0 Å². The molecule has 0 spiro atoms. The summed E-state index contributed by atoms with van der Waals surface area (Å²) in [5.74, 6) is 0.131. The number of hydrogen-bond donors (Lipinski definition) is 0. The van der Waals surface area contributed by atoms with Crippen molar-refractivity contribution in [2.45, 2.75) is 33.6 Å². The molecule has 0 aromatic heterocycles. The highest BCUT2D eigenvalue weighted by Gasteiger charge is 2.23. The van der Waals surface area contributed by atoms with Gasteiger partial charge in [-0.2, -0.15) is 0 Å². The molecule has 23 heavy (non-hydrogen) atoms. The quantitative estimate of drug-likeness (QED) is 0.841. The summed E-state index contributed by atoms with van der Waals surface area (Å²) in [5.41, 5.74) is 4.68. The molecule has 1 heterocycles. The maximum atomic E-state index is 12.6. The van der Waals surface area contributed by atoms with Gasteiger partial charge < -0.3 is 14.5 Å². The zero-order valence-electron chi connectivity index (χ0n) is 14.5. The van der Waals surface area contributed by atoms with Crippen LogP contribution in [0.25, 0.3) is 0 Å². The van der Waals surface area contributed by atoms with Crippen molar-refractivity contribution in [1.29, 1.82) is 0 Å². The number of nitrogens with zero attached hydrogens (tertiary/aromatic N) is 2. The van der Waals surface area contributed by atoms with Crippen molar-refractivity contribution < 1.29 is 14.3 Å². The second-order valence-electron chi connectivity index (χ2n) is 6.25. The number of methoxy groups -OCH3 is 1. The topological polar surface area (TPSA) is 49.9 Å². The van der Waals surface area contributed by atoms with Crippen molar-refractivity contribution in [2.24, 2.45) is 0 Å². The lowest BCUT2D eigenvalue weighted by molar-refractivity contribution is -0.130. The average Bonchev–Trinajstić information content (AvgIpc) is 2.76. The first-order chi connectivity index (χ1) is 10.9. The molecule has 1 aliphatic rings. The van der Waals surface area contributed by atoms with Crippen molar-refractivity contribution in [3.63, 3.8) is 0 Å². The summed E-state index contributed by atoms with van der Waals surface area (Å²) in [6.45, 7) is 8.62. The van der Waals surface area contributed by atoms with E-state index in [1.807, 2.05) is 4.90 Å². The second-order valence-corrected chi connectivity index (χ2v) is 6.25. The maximum Gasteiger partial charge on any atom is 0.409 e. The smallest absolute Gasteiger partial charge is 0.409 e. The summed E-state index contributed by atoms with van der Waals surface area (Å²) in [7, 11) is 1.39. The minimum atomic E-state index is -0.315. The third kappa shape index (κ3) is 4.24. The molecule has 0 bridgehead atoms. The van der Waals surface area contributed by atoms with Gasteiger partial charge in [0.15, 0.2) is 0 Å². The average molecular weight is 318 g/mol. The highest BCUT2D eigenvalue weighted by molar-refractivity contribution is 5.79. The summed E-state index contributed by atoms with van der Waals surface area (Å²) in [4.78, 5) is 27.8. The molecule has 0 radical (unpaired) electrons. The van der Waals surface area contributed by atoms with Crippen molar-refractivity contribution in [2.75, 3.05) is 33.3 Å². The minimum absolute atomic E-state index is 0.131. The number of aryl methyl sites for hydroxylation is 3. The number of hydrogen-bond acceptors (Lipinski definition) is 3. The van der Waals surface area contributed by atoms with Crippen LogP contribution in [-0.4, -0.2) is 55.1 Å². The van der Waals surface area contributed by atoms with Crippen LogP contribution in [-0.2, 0) is 16.0 Å². The zero-order valence-corrected chi connectivity index (χ0v) is 14.5. The fourth-order valence-corrected chi connectivity index (χ4v) is 3.23. The molecule has 1 aromatic rings. The third-order valence-electron chi connectivity index (χ3n) is 4.45. The molecule has 0 aliphatic carbocycles. The molecule has 0 atom stereocenters. The third-order valence-corrected chi connectivity index (χ3v) is 4.45. The normalized spacial score (nSPS) is 15.3. The van der Waals surface area contributed by atoms with E-state index in [-0.39, 0.29) is 12.0 Å². The summed E-state index contributed by atoms with van der Waals surface area (Å²) >= 11 is 0. The van der Waals surface area contributed by atoms with Gasteiger partial charge in [0.1, 0.15) is 0 Å². The highest BCUT2D eigenvalue weighted by atomic mass is 16.5. The Morgan fingerprint density at radius 1 is 1.00 bits per heavy atom. The Bertz CT molecular complexity index is 575. The standard InChI is InChI=1S/C18H26N2O3/c1-13-10-14(2)16(15(3)11-13)12-17(21)19-6-5-7-20(9-8-19)18(22)23-4/h10-11H,5-9,12H2,1-4H3. The first-order valence-corrected chi connectivity index (χ1v) is 8.09. The SMILES string of the molecule is COC(=O)N1CCCN(C(=O)Cc2c(C)cc(C)cc2C)CC1. The summed E-state index contributed by atoms with van der Waals surface area (Å²) < 4.78 is 4.76. The molecule has 126 valence electrons. The largest absolute Gasteiger partial charge is 0.453 e. The molecule has 0 N–H and O–H groups in total. The van der Waals surface area contributed by atoms with Crippen LogP contribution in [0.2, 0.25) is 0 Å². The van der Waals surface area contributed by atoms with E-state index in [9.17, 15) is 9.59 Å². The van der Waals surface area contributed by atoms with E-state index in [1.54, 1.807) is 4.90 Å². The van der Waals surface area contributed by atoms with Crippen LogP contribution in [0.3, 0.4) is 0 Å². The van der Waals surface area contributed by atoms with Gasteiger partial charge in [-0.3, -0.25) is 4.79 Å². The van der Waals surface area contributed by atoms with Crippen LogP contribution < -0.4 is 0 Å². The van der Waals surface area contributed by atoms with Gasteiger partial charge in [0.2, 0.25) is 5.91 Å². The van der Waals surface area contributed by atoms with Gasteiger partial charge in [-0.15, -0.1) is 0 Å². The van der Waals surface area contributed by atoms with Crippen molar-refractivity contribution in [3.05, 3.63) is 34.4 Å². The van der Waals surface area contributed by atoms with Crippen molar-refractivity contribution in [3.8, 4) is 0 Å². The molecule has 2 rings (SSSR count). The number of benzene rings is 1. The molecule has 0 unspecified atom stereocenters. The van der Waals surface area contributed by atoms with E-state index in [1.165, 1.54) is 23.8 Å². The predicted molar refractivity (Wildman–Crippen MR) is 89.5 cm³/mol. The Morgan fingerprint density at radius 3 is 2.17 bits per heavy atom. The molecule has 5 nitrogen and oxygen atoms in total. The molecule has 1 aromatic carbocycles. The van der Waals surface area contributed by atoms with E-state index >= 15 is 0 Å². The van der Waals surface area contributed by atoms with Gasteiger partial charge in [0.05, 0.1) is 13.5 Å². The van der Waals surface area contributed by atoms with Crippen LogP contribution in [0.1, 0.15) is 28.7 Å². The molecular weight excluding hydrogens is 292 g/mol. The van der Waals surface area contributed by atoms with Gasteiger partial charge in [0.25, 0.3) is 0 Å². The van der Waals surface area contributed by atoms with Crippen LogP contribution >= 0.6 is 0 Å². The van der Waals surface area contributed by atoms with Crippen LogP contribution in [0.4, 0.5) is 4.79 Å². The number of carbonyl (C=O) groups excluding carboxylic acids is 2. The predicted octanol–water partition coefficient (Wildman–Crippen LogP) is 2.46. The van der Waals surface area contributed by atoms with E-state index < -0.39 is 0 Å². The fourth-order valence-electron chi connectivity index (χ4n) is 3.23. The Balaban J connectivity index is 2.03. The summed E-state index contributed by atoms with van der Waals surface area (Å²) in [5, 5.41) is 0.